The average molecular weight is 309 g/mol. The Kier molecular flexibility index (Phi) is 3.55. The lowest BCUT2D eigenvalue weighted by molar-refractivity contribution is -0.274. The van der Waals surface area contributed by atoms with E-state index in [4.69, 9.17) is 0 Å². The molecule has 21 heavy (non-hydrogen) atoms. The normalized spacial score (nSPS) is 11.8. The van der Waals surface area contributed by atoms with Crippen LogP contribution in [0, 0.1) is 0 Å². The standard InChI is InChI=1S/C15H10F3NOS/c16-15(17,18)20-11-6-7-12-13(9-11)21-14(19-12)8-10-4-2-1-3-5-10/h1-7,9H,8H2. The maximum absolute atomic E-state index is 12.2. The summed E-state index contributed by atoms with van der Waals surface area (Å²) in [4.78, 5) is 4.43. The summed E-state index contributed by atoms with van der Waals surface area (Å²) in [5.41, 5.74) is 1.80. The lowest BCUT2D eigenvalue weighted by Gasteiger charge is -2.07. The molecule has 0 unspecified atom stereocenters. The number of alkyl halides is 3. The molecule has 0 aliphatic carbocycles. The summed E-state index contributed by atoms with van der Waals surface area (Å²) in [5.74, 6) is -0.218. The van der Waals surface area contributed by atoms with Crippen LogP contribution in [0.25, 0.3) is 10.2 Å². The van der Waals surface area contributed by atoms with Gasteiger partial charge in [-0.15, -0.1) is 24.5 Å². The van der Waals surface area contributed by atoms with E-state index in [1.54, 1.807) is 6.07 Å². The predicted molar refractivity (Wildman–Crippen MR) is 75.6 cm³/mol. The van der Waals surface area contributed by atoms with Crippen LogP contribution in [0.3, 0.4) is 0 Å². The van der Waals surface area contributed by atoms with Gasteiger partial charge < -0.3 is 4.74 Å². The third-order valence-electron chi connectivity index (χ3n) is 2.84. The molecule has 0 amide bonds. The molecule has 0 aliphatic rings. The first kappa shape index (κ1) is 13.9. The number of ether oxygens (including phenoxy) is 1. The summed E-state index contributed by atoms with van der Waals surface area (Å²) < 4.78 is 41.2. The van der Waals surface area contributed by atoms with Crippen molar-refractivity contribution in [3.8, 4) is 5.75 Å². The van der Waals surface area contributed by atoms with E-state index in [0.717, 1.165) is 10.6 Å². The minimum atomic E-state index is -4.68. The van der Waals surface area contributed by atoms with Crippen LogP contribution >= 0.6 is 11.3 Å². The van der Waals surface area contributed by atoms with Crippen LogP contribution in [0.5, 0.6) is 5.75 Å². The number of rotatable bonds is 3. The highest BCUT2D eigenvalue weighted by atomic mass is 32.1. The molecule has 2 aromatic carbocycles. The number of aromatic nitrogens is 1. The van der Waals surface area contributed by atoms with Crippen LogP contribution < -0.4 is 4.74 Å². The smallest absolute Gasteiger partial charge is 0.406 e. The lowest BCUT2D eigenvalue weighted by Crippen LogP contribution is -2.16. The summed E-state index contributed by atoms with van der Waals surface area (Å²) >= 11 is 1.37. The third kappa shape index (κ3) is 3.52. The first-order chi connectivity index (χ1) is 9.99. The Hall–Kier alpha value is -2.08. The second-order valence-corrected chi connectivity index (χ2v) is 5.56. The molecule has 2 nitrogen and oxygen atoms in total. The molecule has 0 saturated heterocycles. The zero-order valence-corrected chi connectivity index (χ0v) is 11.5. The maximum Gasteiger partial charge on any atom is 0.573 e. The molecule has 0 saturated carbocycles. The second-order valence-electron chi connectivity index (χ2n) is 4.45. The van der Waals surface area contributed by atoms with E-state index in [0.29, 0.717) is 16.6 Å². The zero-order chi connectivity index (χ0) is 14.9. The lowest BCUT2D eigenvalue weighted by atomic mass is 10.2. The number of hydrogen-bond donors (Lipinski definition) is 0. The quantitative estimate of drug-likeness (QED) is 0.694. The van der Waals surface area contributed by atoms with Crippen LogP contribution in [0.15, 0.2) is 48.5 Å². The highest BCUT2D eigenvalue weighted by molar-refractivity contribution is 7.18. The van der Waals surface area contributed by atoms with Gasteiger partial charge in [-0.25, -0.2) is 4.98 Å². The first-order valence-electron chi connectivity index (χ1n) is 6.19. The summed E-state index contributed by atoms with van der Waals surface area (Å²) in [6.45, 7) is 0. The molecule has 3 rings (SSSR count). The Morgan fingerprint density at radius 3 is 2.52 bits per heavy atom. The Bertz CT molecular complexity index is 752. The molecule has 1 aromatic heterocycles. The number of benzene rings is 2. The predicted octanol–water partition coefficient (Wildman–Crippen LogP) is 4.79. The molecule has 0 N–H and O–H groups in total. The van der Waals surface area contributed by atoms with Crippen molar-refractivity contribution in [3.63, 3.8) is 0 Å². The van der Waals surface area contributed by atoms with E-state index in [2.05, 4.69) is 9.72 Å². The molecular weight excluding hydrogens is 299 g/mol. The van der Waals surface area contributed by atoms with E-state index in [9.17, 15) is 13.2 Å². The van der Waals surface area contributed by atoms with E-state index in [1.807, 2.05) is 30.3 Å². The summed E-state index contributed by atoms with van der Waals surface area (Å²) in [5, 5.41) is 0.861. The van der Waals surface area contributed by atoms with Gasteiger partial charge in [-0.1, -0.05) is 30.3 Å². The van der Waals surface area contributed by atoms with Gasteiger partial charge in [-0.2, -0.15) is 0 Å². The monoisotopic (exact) mass is 309 g/mol. The average Bonchev–Trinajstić information content (AvgIpc) is 2.79. The molecule has 0 radical (unpaired) electrons. The van der Waals surface area contributed by atoms with E-state index in [-0.39, 0.29) is 5.75 Å². The van der Waals surface area contributed by atoms with Gasteiger partial charge in [0.1, 0.15) is 5.75 Å². The van der Waals surface area contributed by atoms with Crippen molar-refractivity contribution in [2.24, 2.45) is 0 Å². The minimum Gasteiger partial charge on any atom is -0.406 e. The van der Waals surface area contributed by atoms with Crippen LogP contribution in [0.1, 0.15) is 10.6 Å². The molecule has 0 fully saturated rings. The molecule has 108 valence electrons. The number of hydrogen-bond acceptors (Lipinski definition) is 3. The topological polar surface area (TPSA) is 22.1 Å². The molecule has 3 aromatic rings. The van der Waals surface area contributed by atoms with Crippen molar-refractivity contribution in [1.82, 2.24) is 4.98 Å². The zero-order valence-electron chi connectivity index (χ0n) is 10.7. The van der Waals surface area contributed by atoms with Gasteiger partial charge in [0.2, 0.25) is 0 Å². The Morgan fingerprint density at radius 1 is 1.05 bits per heavy atom. The fourth-order valence-corrected chi connectivity index (χ4v) is 3.03. The number of halogens is 3. The number of nitrogens with zero attached hydrogens (tertiary/aromatic N) is 1. The van der Waals surface area contributed by atoms with Crippen LogP contribution in [0.2, 0.25) is 0 Å². The van der Waals surface area contributed by atoms with Crippen molar-refractivity contribution < 1.29 is 17.9 Å². The fraction of sp³-hybridized carbons (Fsp3) is 0.133. The summed E-state index contributed by atoms with van der Waals surface area (Å²) in [6, 6.07) is 14.0. The Balaban J connectivity index is 1.86. The van der Waals surface area contributed by atoms with Gasteiger partial charge in [0.05, 0.1) is 15.2 Å². The van der Waals surface area contributed by atoms with Gasteiger partial charge in [0.25, 0.3) is 0 Å². The Morgan fingerprint density at radius 2 is 1.81 bits per heavy atom. The summed E-state index contributed by atoms with van der Waals surface area (Å²) in [7, 11) is 0. The van der Waals surface area contributed by atoms with Gasteiger partial charge in [0, 0.05) is 6.42 Å². The largest absolute Gasteiger partial charge is 0.573 e. The van der Waals surface area contributed by atoms with Crippen LogP contribution in [-0.4, -0.2) is 11.3 Å². The van der Waals surface area contributed by atoms with Gasteiger partial charge in [-0.3, -0.25) is 0 Å². The maximum atomic E-state index is 12.2. The SMILES string of the molecule is FC(F)(F)Oc1ccc2nc(Cc3ccccc3)sc2c1. The summed E-state index contributed by atoms with van der Waals surface area (Å²) in [6.07, 6.45) is -4.01. The molecule has 0 bridgehead atoms. The molecule has 6 heteroatoms. The van der Waals surface area contributed by atoms with Crippen molar-refractivity contribution in [2.75, 3.05) is 0 Å². The fourth-order valence-electron chi connectivity index (χ4n) is 2.00. The minimum absolute atomic E-state index is 0.218. The van der Waals surface area contributed by atoms with Gasteiger partial charge in [-0.05, 0) is 23.8 Å². The third-order valence-corrected chi connectivity index (χ3v) is 3.85. The van der Waals surface area contributed by atoms with Crippen molar-refractivity contribution in [1.29, 1.82) is 0 Å². The Labute approximate surface area is 122 Å². The highest BCUT2D eigenvalue weighted by Crippen LogP contribution is 2.30. The van der Waals surface area contributed by atoms with Gasteiger partial charge in [0.15, 0.2) is 0 Å². The number of thiazole rings is 1. The van der Waals surface area contributed by atoms with Crippen molar-refractivity contribution in [2.45, 2.75) is 12.8 Å². The van der Waals surface area contributed by atoms with Crippen molar-refractivity contribution in [3.05, 3.63) is 59.1 Å². The molecular formula is C15H10F3NOS. The molecule has 0 aliphatic heterocycles. The van der Waals surface area contributed by atoms with Crippen molar-refractivity contribution >= 4 is 21.6 Å². The first-order valence-corrected chi connectivity index (χ1v) is 7.00. The highest BCUT2D eigenvalue weighted by Gasteiger charge is 2.31. The van der Waals surface area contributed by atoms with E-state index in [1.165, 1.54) is 23.5 Å². The van der Waals surface area contributed by atoms with E-state index < -0.39 is 6.36 Å². The van der Waals surface area contributed by atoms with Crippen LogP contribution in [-0.2, 0) is 6.42 Å². The number of fused-ring (bicyclic) bond motifs is 1. The molecule has 0 atom stereocenters. The molecule has 0 spiro atoms. The van der Waals surface area contributed by atoms with Gasteiger partial charge >= 0.3 is 6.36 Å². The molecule has 1 heterocycles. The second kappa shape index (κ2) is 5.37. The van der Waals surface area contributed by atoms with Crippen LogP contribution in [0.4, 0.5) is 13.2 Å². The van der Waals surface area contributed by atoms with E-state index >= 15 is 0 Å².